The number of anilines is 1. The Morgan fingerprint density at radius 3 is 2.26 bits per heavy atom. The van der Waals surface area contributed by atoms with Gasteiger partial charge < -0.3 is 14.4 Å². The fourth-order valence-corrected chi connectivity index (χ4v) is 3.63. The molecule has 1 amide bonds. The summed E-state index contributed by atoms with van der Waals surface area (Å²) >= 11 is 2.26. The maximum Gasteiger partial charge on any atom is 0.277 e. The minimum absolute atomic E-state index is 0.0796. The van der Waals surface area contributed by atoms with Gasteiger partial charge in [-0.3, -0.25) is 4.79 Å². The predicted octanol–water partition coefficient (Wildman–Crippen LogP) is 3.70. The Morgan fingerprint density at radius 1 is 0.963 bits per heavy atom. The molecule has 0 saturated heterocycles. The van der Waals surface area contributed by atoms with Crippen molar-refractivity contribution in [2.75, 3.05) is 25.7 Å². The normalized spacial score (nSPS) is 13.4. The molecule has 27 heavy (non-hydrogen) atoms. The van der Waals surface area contributed by atoms with E-state index in [4.69, 9.17) is 9.47 Å². The van der Waals surface area contributed by atoms with Crippen LogP contribution in [0.5, 0.6) is 11.6 Å². The van der Waals surface area contributed by atoms with Gasteiger partial charge in [0.1, 0.15) is 11.4 Å². The first-order valence-electron chi connectivity index (χ1n) is 8.50. The summed E-state index contributed by atoms with van der Waals surface area (Å²) in [5, 5.41) is 4.53. The number of hydrogen-bond donors (Lipinski definition) is 0. The molecule has 138 valence electrons. The lowest BCUT2D eigenvalue weighted by molar-refractivity contribution is 0.0973. The zero-order valence-electron chi connectivity index (χ0n) is 15.0. The third-order valence-electron chi connectivity index (χ3n) is 4.63. The van der Waals surface area contributed by atoms with Gasteiger partial charge in [-0.05, 0) is 77.5 Å². The number of hydrogen-bond acceptors (Lipinski definition) is 4. The molecule has 0 fully saturated rings. The molecule has 0 bridgehead atoms. The fourth-order valence-electron chi connectivity index (χ4n) is 3.27. The van der Waals surface area contributed by atoms with Crippen LogP contribution in [0, 0.1) is 3.57 Å². The Hall–Kier alpha value is -2.55. The highest BCUT2D eigenvalue weighted by atomic mass is 127. The van der Waals surface area contributed by atoms with Gasteiger partial charge in [-0.1, -0.05) is 0 Å². The van der Waals surface area contributed by atoms with Gasteiger partial charge in [0.15, 0.2) is 0 Å². The second-order valence-electron chi connectivity index (χ2n) is 6.13. The third kappa shape index (κ3) is 3.16. The number of fused-ring (bicyclic) bond motifs is 1. The zero-order valence-corrected chi connectivity index (χ0v) is 17.1. The summed E-state index contributed by atoms with van der Waals surface area (Å²) in [6, 6.07) is 15.4. The third-order valence-corrected chi connectivity index (χ3v) is 5.35. The van der Waals surface area contributed by atoms with Crippen LogP contribution in [0.1, 0.15) is 16.1 Å². The summed E-state index contributed by atoms with van der Waals surface area (Å²) in [6.45, 7) is 0.594. The average molecular weight is 475 g/mol. The lowest BCUT2D eigenvalue weighted by Gasteiger charge is -2.27. The van der Waals surface area contributed by atoms with Crippen molar-refractivity contribution in [1.29, 1.82) is 0 Å². The molecule has 1 aliphatic rings. The van der Waals surface area contributed by atoms with Crippen LogP contribution in [0.2, 0.25) is 0 Å². The van der Waals surface area contributed by atoms with Gasteiger partial charge in [-0.25, -0.2) is 4.68 Å². The molecule has 2 heterocycles. The minimum atomic E-state index is -0.0796. The van der Waals surface area contributed by atoms with Gasteiger partial charge in [-0.15, -0.1) is 5.10 Å². The number of methoxy groups -OCH3 is 2. The van der Waals surface area contributed by atoms with Crippen molar-refractivity contribution in [3.63, 3.8) is 0 Å². The number of nitrogens with zero attached hydrogens (tertiary/aromatic N) is 3. The molecule has 0 N–H and O–H groups in total. The van der Waals surface area contributed by atoms with E-state index in [9.17, 15) is 4.79 Å². The van der Waals surface area contributed by atoms with Crippen molar-refractivity contribution < 1.29 is 14.3 Å². The summed E-state index contributed by atoms with van der Waals surface area (Å²) < 4.78 is 13.4. The summed E-state index contributed by atoms with van der Waals surface area (Å²) in [5.41, 5.74) is 3.06. The number of carbonyl (C=O) groups excluding carboxylic acids is 1. The van der Waals surface area contributed by atoms with Crippen molar-refractivity contribution >= 4 is 34.2 Å². The van der Waals surface area contributed by atoms with Crippen LogP contribution < -0.4 is 14.4 Å². The standard InChI is InChI=1S/C20H18IN3O3/c1-26-16-9-7-15(8-10-16)24-18-17(19(22-24)27-2)11-12-23(20(18)25)14-5-3-13(21)4-6-14/h3-10H,11-12H2,1-2H3. The highest BCUT2D eigenvalue weighted by molar-refractivity contribution is 14.1. The molecule has 1 aliphatic heterocycles. The molecule has 0 spiro atoms. The number of benzene rings is 2. The summed E-state index contributed by atoms with van der Waals surface area (Å²) in [6.07, 6.45) is 0.687. The Labute approximate surface area is 170 Å². The molecule has 1 aromatic heterocycles. The molecule has 0 radical (unpaired) electrons. The zero-order chi connectivity index (χ0) is 19.0. The lowest BCUT2D eigenvalue weighted by atomic mass is 10.1. The molecule has 0 aliphatic carbocycles. The summed E-state index contributed by atoms with van der Waals surface area (Å²) in [7, 11) is 3.20. The van der Waals surface area contributed by atoms with Crippen molar-refractivity contribution in [2.24, 2.45) is 0 Å². The van der Waals surface area contributed by atoms with Crippen LogP contribution in [-0.2, 0) is 6.42 Å². The highest BCUT2D eigenvalue weighted by Gasteiger charge is 2.33. The molecular formula is C20H18IN3O3. The van der Waals surface area contributed by atoms with E-state index in [0.29, 0.717) is 24.5 Å². The van der Waals surface area contributed by atoms with Gasteiger partial charge >= 0.3 is 0 Å². The van der Waals surface area contributed by atoms with Crippen LogP contribution in [0.3, 0.4) is 0 Å². The van der Waals surface area contributed by atoms with Crippen LogP contribution in [0.4, 0.5) is 5.69 Å². The molecule has 0 atom stereocenters. The van der Waals surface area contributed by atoms with Gasteiger partial charge in [0.2, 0.25) is 5.88 Å². The summed E-state index contributed by atoms with van der Waals surface area (Å²) in [5.74, 6) is 1.17. The van der Waals surface area contributed by atoms with Crippen molar-refractivity contribution in [2.45, 2.75) is 6.42 Å². The first-order chi connectivity index (χ1) is 13.1. The Balaban J connectivity index is 1.79. The number of amides is 1. The van der Waals surface area contributed by atoms with Gasteiger partial charge in [-0.2, -0.15) is 0 Å². The number of ether oxygens (including phenoxy) is 2. The molecule has 7 heteroatoms. The monoisotopic (exact) mass is 475 g/mol. The average Bonchev–Trinajstić information content (AvgIpc) is 3.09. The molecule has 2 aromatic carbocycles. The number of aromatic nitrogens is 2. The smallest absolute Gasteiger partial charge is 0.277 e. The maximum atomic E-state index is 13.3. The minimum Gasteiger partial charge on any atom is -0.497 e. The van der Waals surface area contributed by atoms with E-state index >= 15 is 0 Å². The van der Waals surface area contributed by atoms with Crippen LogP contribution in [0.25, 0.3) is 5.69 Å². The van der Waals surface area contributed by atoms with Crippen LogP contribution >= 0.6 is 22.6 Å². The number of halogens is 1. The number of rotatable bonds is 4. The van der Waals surface area contributed by atoms with Crippen molar-refractivity contribution in [1.82, 2.24) is 9.78 Å². The molecule has 0 unspecified atom stereocenters. The van der Waals surface area contributed by atoms with Crippen LogP contribution in [-0.4, -0.2) is 36.5 Å². The van der Waals surface area contributed by atoms with E-state index in [1.165, 1.54) is 0 Å². The largest absolute Gasteiger partial charge is 0.497 e. The Bertz CT molecular complexity index is 981. The van der Waals surface area contributed by atoms with Crippen molar-refractivity contribution in [3.05, 3.63) is 63.4 Å². The van der Waals surface area contributed by atoms with Crippen molar-refractivity contribution in [3.8, 4) is 17.3 Å². The van der Waals surface area contributed by atoms with Gasteiger partial charge in [0.05, 0.1) is 19.9 Å². The molecule has 4 rings (SSSR count). The second-order valence-corrected chi connectivity index (χ2v) is 7.38. The van der Waals surface area contributed by atoms with E-state index in [1.807, 2.05) is 48.5 Å². The second kappa shape index (κ2) is 7.22. The summed E-state index contributed by atoms with van der Waals surface area (Å²) in [4.78, 5) is 15.1. The van der Waals surface area contributed by atoms with E-state index in [1.54, 1.807) is 23.8 Å². The highest BCUT2D eigenvalue weighted by Crippen LogP contribution is 2.32. The van der Waals surface area contributed by atoms with Gasteiger partial charge in [0, 0.05) is 21.4 Å². The first-order valence-corrected chi connectivity index (χ1v) is 9.58. The quantitative estimate of drug-likeness (QED) is 0.541. The molecular weight excluding hydrogens is 457 g/mol. The van der Waals surface area contributed by atoms with Crippen LogP contribution in [0.15, 0.2) is 48.5 Å². The van der Waals surface area contributed by atoms with E-state index in [-0.39, 0.29) is 5.91 Å². The van der Waals surface area contributed by atoms with E-state index in [2.05, 4.69) is 27.7 Å². The maximum absolute atomic E-state index is 13.3. The first kappa shape index (κ1) is 17.8. The Kier molecular flexibility index (Phi) is 4.77. The van der Waals surface area contributed by atoms with Gasteiger partial charge in [0.25, 0.3) is 5.91 Å². The fraction of sp³-hybridized carbons (Fsp3) is 0.200. The molecule has 3 aromatic rings. The molecule has 6 nitrogen and oxygen atoms in total. The lowest BCUT2D eigenvalue weighted by Crippen LogP contribution is -2.38. The molecule has 0 saturated carbocycles. The SMILES string of the molecule is COc1ccc(-n2nc(OC)c3c2C(=O)N(c2ccc(I)cc2)CC3)cc1. The predicted molar refractivity (Wildman–Crippen MR) is 111 cm³/mol. The Morgan fingerprint density at radius 2 is 1.63 bits per heavy atom. The topological polar surface area (TPSA) is 56.6 Å². The van der Waals surface area contributed by atoms with E-state index in [0.717, 1.165) is 26.3 Å². The number of carbonyl (C=O) groups is 1. The van der Waals surface area contributed by atoms with E-state index < -0.39 is 0 Å².